The molecule has 0 N–H and O–H groups in total. The van der Waals surface area contributed by atoms with Gasteiger partial charge in [-0.1, -0.05) is 37.6 Å². The third-order valence-electron chi connectivity index (χ3n) is 1.95. The maximum Gasteiger partial charge on any atom is 0.137 e. The van der Waals surface area contributed by atoms with E-state index in [0.717, 1.165) is 17.7 Å². The first-order valence-electron chi connectivity index (χ1n) is 5.15. The molecule has 15 heavy (non-hydrogen) atoms. The summed E-state index contributed by atoms with van der Waals surface area (Å²) in [5.74, 6) is 1.27. The van der Waals surface area contributed by atoms with Gasteiger partial charge in [0.25, 0.3) is 0 Å². The van der Waals surface area contributed by atoms with Gasteiger partial charge in [-0.25, -0.2) is 0 Å². The summed E-state index contributed by atoms with van der Waals surface area (Å²) in [7, 11) is 0. The van der Waals surface area contributed by atoms with Crippen molar-refractivity contribution in [1.29, 1.82) is 0 Å². The first-order valence-corrected chi connectivity index (χ1v) is 5.53. The quantitative estimate of drug-likeness (QED) is 0.685. The molecule has 0 heterocycles. The third-order valence-corrected chi connectivity index (χ3v) is 2.24. The lowest BCUT2D eigenvalue weighted by molar-refractivity contribution is 0.271. The molecule has 0 aliphatic rings. The number of benzene rings is 1. The van der Waals surface area contributed by atoms with Crippen LogP contribution in [0.2, 0.25) is 5.02 Å². The Labute approximate surface area is 96.7 Å². The molecule has 0 fully saturated rings. The summed E-state index contributed by atoms with van der Waals surface area (Å²) in [6.07, 6.45) is 2.70. The molecule has 0 aliphatic heterocycles. The first kappa shape index (κ1) is 12.1. The van der Waals surface area contributed by atoms with Gasteiger partial charge in [-0.05, 0) is 30.0 Å². The largest absolute Gasteiger partial charge is 0.492 e. The molecule has 2 heteroatoms. The van der Waals surface area contributed by atoms with Gasteiger partial charge < -0.3 is 4.74 Å². The number of hydrogen-bond acceptors (Lipinski definition) is 1. The van der Waals surface area contributed by atoms with Crippen LogP contribution in [0.3, 0.4) is 0 Å². The summed E-state index contributed by atoms with van der Waals surface area (Å²) in [6.45, 7) is 8.61. The van der Waals surface area contributed by atoms with E-state index in [2.05, 4.69) is 20.4 Å². The zero-order chi connectivity index (χ0) is 11.3. The fourth-order valence-electron chi connectivity index (χ4n) is 1.21. The monoisotopic (exact) mass is 224 g/mol. The van der Waals surface area contributed by atoms with Crippen LogP contribution in [0.5, 0.6) is 5.75 Å². The highest BCUT2D eigenvalue weighted by molar-refractivity contribution is 6.32. The van der Waals surface area contributed by atoms with E-state index in [1.807, 2.05) is 24.3 Å². The average molecular weight is 225 g/mol. The average Bonchev–Trinajstić information content (AvgIpc) is 2.17. The van der Waals surface area contributed by atoms with Gasteiger partial charge in [-0.15, -0.1) is 6.58 Å². The molecular weight excluding hydrogens is 208 g/mol. The summed E-state index contributed by atoms with van der Waals surface area (Å²) in [4.78, 5) is 0. The van der Waals surface area contributed by atoms with Gasteiger partial charge in [-0.2, -0.15) is 0 Å². The number of halogens is 1. The van der Waals surface area contributed by atoms with E-state index in [4.69, 9.17) is 16.3 Å². The zero-order valence-electron chi connectivity index (χ0n) is 9.29. The summed E-state index contributed by atoms with van der Waals surface area (Å²) in [5, 5.41) is 0.676. The lowest BCUT2D eigenvalue weighted by Crippen LogP contribution is -2.04. The Balaban J connectivity index is 2.70. The molecule has 0 spiro atoms. The Morgan fingerprint density at radius 1 is 1.47 bits per heavy atom. The van der Waals surface area contributed by atoms with Gasteiger partial charge in [0.1, 0.15) is 5.75 Å². The maximum absolute atomic E-state index is 6.09. The first-order chi connectivity index (χ1) is 7.13. The summed E-state index contributed by atoms with van der Waals surface area (Å²) in [6, 6.07) is 5.87. The fourth-order valence-corrected chi connectivity index (χ4v) is 1.47. The van der Waals surface area contributed by atoms with Gasteiger partial charge in [0, 0.05) is 0 Å². The van der Waals surface area contributed by atoms with Crippen molar-refractivity contribution in [3.05, 3.63) is 41.4 Å². The van der Waals surface area contributed by atoms with Gasteiger partial charge >= 0.3 is 0 Å². The minimum atomic E-state index is 0.508. The van der Waals surface area contributed by atoms with Crippen molar-refractivity contribution in [1.82, 2.24) is 0 Å². The van der Waals surface area contributed by atoms with E-state index in [1.165, 1.54) is 0 Å². The summed E-state index contributed by atoms with van der Waals surface area (Å²) >= 11 is 6.09. The molecule has 0 radical (unpaired) electrons. The second-order valence-electron chi connectivity index (χ2n) is 3.96. The van der Waals surface area contributed by atoms with Crippen LogP contribution in [-0.4, -0.2) is 6.61 Å². The van der Waals surface area contributed by atoms with Crippen LogP contribution in [0.4, 0.5) is 0 Å². The highest BCUT2D eigenvalue weighted by atomic mass is 35.5. The lowest BCUT2D eigenvalue weighted by atomic mass is 10.1. The van der Waals surface area contributed by atoms with Gasteiger partial charge in [0.15, 0.2) is 0 Å². The van der Waals surface area contributed by atoms with Crippen LogP contribution in [0, 0.1) is 5.92 Å². The molecule has 1 aromatic carbocycles. The van der Waals surface area contributed by atoms with Gasteiger partial charge in [-0.3, -0.25) is 0 Å². The van der Waals surface area contributed by atoms with Crippen molar-refractivity contribution in [2.45, 2.75) is 20.3 Å². The predicted molar refractivity (Wildman–Crippen MR) is 65.7 cm³/mol. The second-order valence-corrected chi connectivity index (χ2v) is 4.37. The van der Waals surface area contributed by atoms with Crippen LogP contribution >= 0.6 is 11.6 Å². The second kappa shape index (κ2) is 5.82. The number of hydrogen-bond donors (Lipinski definition) is 0. The molecule has 0 atom stereocenters. The summed E-state index contributed by atoms with van der Waals surface area (Å²) < 4.78 is 5.57. The molecule has 0 amide bonds. The standard InChI is InChI=1S/C13H17ClO/c1-4-5-11-6-7-13(12(14)8-11)15-9-10(2)3/h4,6-8,10H,1,5,9H2,2-3H3. The van der Waals surface area contributed by atoms with Crippen molar-refractivity contribution < 1.29 is 4.74 Å². The van der Waals surface area contributed by atoms with E-state index in [0.29, 0.717) is 17.5 Å². The molecular formula is C13H17ClO. The number of rotatable bonds is 5. The highest BCUT2D eigenvalue weighted by Gasteiger charge is 2.03. The van der Waals surface area contributed by atoms with E-state index in [1.54, 1.807) is 0 Å². The molecule has 1 aromatic rings. The van der Waals surface area contributed by atoms with Gasteiger partial charge in [0.2, 0.25) is 0 Å². The molecule has 0 bridgehead atoms. The van der Waals surface area contributed by atoms with Crippen molar-refractivity contribution >= 4 is 11.6 Å². The summed E-state index contributed by atoms with van der Waals surface area (Å²) in [5.41, 5.74) is 1.16. The molecule has 0 aliphatic carbocycles. The number of ether oxygens (including phenoxy) is 1. The van der Waals surface area contributed by atoms with Crippen molar-refractivity contribution in [2.24, 2.45) is 5.92 Å². The van der Waals surface area contributed by atoms with Crippen LogP contribution < -0.4 is 4.74 Å². The molecule has 1 rings (SSSR count). The molecule has 82 valence electrons. The maximum atomic E-state index is 6.09. The fraction of sp³-hybridized carbons (Fsp3) is 0.385. The van der Waals surface area contributed by atoms with Crippen molar-refractivity contribution in [3.8, 4) is 5.75 Å². The van der Waals surface area contributed by atoms with Crippen LogP contribution in [0.1, 0.15) is 19.4 Å². The van der Waals surface area contributed by atoms with Crippen molar-refractivity contribution in [3.63, 3.8) is 0 Å². The van der Waals surface area contributed by atoms with Crippen LogP contribution in [0.25, 0.3) is 0 Å². The van der Waals surface area contributed by atoms with Crippen LogP contribution in [0.15, 0.2) is 30.9 Å². The third kappa shape index (κ3) is 3.96. The SMILES string of the molecule is C=CCc1ccc(OCC(C)C)c(Cl)c1. The van der Waals surface area contributed by atoms with E-state index in [9.17, 15) is 0 Å². The van der Waals surface area contributed by atoms with Gasteiger partial charge in [0.05, 0.1) is 11.6 Å². The number of allylic oxidation sites excluding steroid dienone is 1. The predicted octanol–water partition coefficient (Wildman–Crippen LogP) is 4.10. The van der Waals surface area contributed by atoms with E-state index >= 15 is 0 Å². The topological polar surface area (TPSA) is 9.23 Å². The van der Waals surface area contributed by atoms with E-state index < -0.39 is 0 Å². The van der Waals surface area contributed by atoms with E-state index in [-0.39, 0.29) is 0 Å². The minimum Gasteiger partial charge on any atom is -0.492 e. The Kier molecular flexibility index (Phi) is 4.70. The molecule has 0 aromatic heterocycles. The minimum absolute atomic E-state index is 0.508. The Morgan fingerprint density at radius 3 is 2.73 bits per heavy atom. The van der Waals surface area contributed by atoms with Crippen LogP contribution in [-0.2, 0) is 6.42 Å². The highest BCUT2D eigenvalue weighted by Crippen LogP contribution is 2.26. The lowest BCUT2D eigenvalue weighted by Gasteiger charge is -2.10. The zero-order valence-corrected chi connectivity index (χ0v) is 10.1. The molecule has 0 saturated carbocycles. The molecule has 0 saturated heterocycles. The molecule has 0 unspecified atom stereocenters. The Hall–Kier alpha value is -0.950. The normalized spacial score (nSPS) is 10.4. The van der Waals surface area contributed by atoms with Crippen molar-refractivity contribution in [2.75, 3.05) is 6.61 Å². The Morgan fingerprint density at radius 2 is 2.20 bits per heavy atom. The smallest absolute Gasteiger partial charge is 0.137 e. The Bertz CT molecular complexity index is 331. The molecule has 1 nitrogen and oxygen atoms in total.